The van der Waals surface area contributed by atoms with Crippen LogP contribution in [-0.2, 0) is 0 Å². The predicted molar refractivity (Wildman–Crippen MR) is 26.9 cm³/mol. The van der Waals surface area contributed by atoms with Gasteiger partial charge in [0.2, 0.25) is 0 Å². The SMILES string of the molecule is CC(C)(C)[O-].[K+].[LiH]. The summed E-state index contributed by atoms with van der Waals surface area (Å²) in [6.45, 7) is 4.90. The Balaban J connectivity index is -0.0000000800. The third kappa shape index (κ3) is 65.3. The van der Waals surface area contributed by atoms with Crippen LogP contribution in [-0.4, -0.2) is 24.5 Å². The Hall–Kier alpha value is 2.19. The van der Waals surface area contributed by atoms with E-state index >= 15 is 0 Å². The molecule has 0 unspecified atom stereocenters. The first-order valence-electron chi connectivity index (χ1n) is 1.70. The van der Waals surface area contributed by atoms with Crippen LogP contribution in [0.5, 0.6) is 0 Å². The summed E-state index contributed by atoms with van der Waals surface area (Å²) in [5, 5.41) is 10.1. The van der Waals surface area contributed by atoms with E-state index in [1.54, 1.807) is 20.8 Å². The summed E-state index contributed by atoms with van der Waals surface area (Å²) in [6, 6.07) is 0. The molecule has 0 fully saturated rings. The van der Waals surface area contributed by atoms with E-state index in [1.165, 1.54) is 0 Å². The molecule has 0 N–H and O–H groups in total. The van der Waals surface area contributed by atoms with Crippen LogP contribution in [0.2, 0.25) is 0 Å². The molecule has 7 heavy (non-hydrogen) atoms. The van der Waals surface area contributed by atoms with Crippen molar-refractivity contribution in [1.82, 2.24) is 0 Å². The molecule has 0 spiro atoms. The molecular weight excluding hydrogens is 110 g/mol. The molecule has 0 aliphatic rings. The maximum atomic E-state index is 10.1. The summed E-state index contributed by atoms with van der Waals surface area (Å²) < 4.78 is 0. The van der Waals surface area contributed by atoms with E-state index in [1.807, 2.05) is 0 Å². The Bertz CT molecular complexity index is 27.2. The zero-order chi connectivity index (χ0) is 4.50. The Kier molecular flexibility index (Phi) is 14.5. The van der Waals surface area contributed by atoms with Gasteiger partial charge in [-0.1, -0.05) is 20.8 Å². The third-order valence-corrected chi connectivity index (χ3v) is 0. The fourth-order valence-corrected chi connectivity index (χ4v) is 0. The van der Waals surface area contributed by atoms with E-state index in [0.29, 0.717) is 0 Å². The van der Waals surface area contributed by atoms with Crippen molar-refractivity contribution in [3.8, 4) is 0 Å². The normalized spacial score (nSPS) is 8.57. The fraction of sp³-hybridized carbons (Fsp3) is 1.00. The zero-order valence-corrected chi connectivity index (χ0v) is 8.03. The average molecular weight is 120 g/mol. The molecular formula is C4H10KLiO. The molecule has 3 heteroatoms. The molecule has 0 saturated carbocycles. The Morgan fingerprint density at radius 2 is 1.14 bits per heavy atom. The van der Waals surface area contributed by atoms with Crippen LogP contribution >= 0.6 is 0 Å². The predicted octanol–water partition coefficient (Wildman–Crippen LogP) is -3.50. The molecule has 0 aromatic heterocycles. The van der Waals surface area contributed by atoms with Crippen molar-refractivity contribution in [3.63, 3.8) is 0 Å². The second-order valence-corrected chi connectivity index (χ2v) is 2.11. The molecule has 1 nitrogen and oxygen atoms in total. The van der Waals surface area contributed by atoms with E-state index in [0.717, 1.165) is 0 Å². The molecule has 0 atom stereocenters. The molecule has 0 heterocycles. The van der Waals surface area contributed by atoms with Crippen molar-refractivity contribution in [2.45, 2.75) is 26.4 Å². The summed E-state index contributed by atoms with van der Waals surface area (Å²) in [4.78, 5) is 0. The molecule has 0 rings (SSSR count). The van der Waals surface area contributed by atoms with Gasteiger partial charge in [-0.05, 0) is 0 Å². The van der Waals surface area contributed by atoms with Crippen LogP contribution in [0.25, 0.3) is 0 Å². The molecule has 0 aliphatic heterocycles. The number of hydrogen-bond donors (Lipinski definition) is 0. The van der Waals surface area contributed by atoms with Crippen molar-refractivity contribution in [1.29, 1.82) is 0 Å². The topological polar surface area (TPSA) is 23.1 Å². The fourth-order valence-electron chi connectivity index (χ4n) is 0. The second-order valence-electron chi connectivity index (χ2n) is 2.11. The Morgan fingerprint density at radius 3 is 1.14 bits per heavy atom. The van der Waals surface area contributed by atoms with Gasteiger partial charge in [-0.15, -0.1) is 5.60 Å². The van der Waals surface area contributed by atoms with Gasteiger partial charge in [0, 0.05) is 0 Å². The van der Waals surface area contributed by atoms with E-state index < -0.39 is 5.60 Å². The zero-order valence-electron chi connectivity index (χ0n) is 4.91. The van der Waals surface area contributed by atoms with Gasteiger partial charge in [0.25, 0.3) is 0 Å². The molecule has 0 saturated heterocycles. The van der Waals surface area contributed by atoms with Crippen molar-refractivity contribution in [2.75, 3.05) is 0 Å². The van der Waals surface area contributed by atoms with Gasteiger partial charge in [0.15, 0.2) is 0 Å². The number of rotatable bonds is 0. The van der Waals surface area contributed by atoms with Gasteiger partial charge in [0.05, 0.1) is 0 Å². The van der Waals surface area contributed by atoms with E-state index in [-0.39, 0.29) is 70.2 Å². The second kappa shape index (κ2) is 6.32. The summed E-state index contributed by atoms with van der Waals surface area (Å²) in [7, 11) is 0. The molecule has 0 bridgehead atoms. The van der Waals surface area contributed by atoms with E-state index in [4.69, 9.17) is 0 Å². The first kappa shape index (κ1) is 16.1. The van der Waals surface area contributed by atoms with Gasteiger partial charge in [-0.2, -0.15) is 0 Å². The average Bonchev–Trinajstić information content (AvgIpc) is 0.722. The summed E-state index contributed by atoms with van der Waals surface area (Å²) >= 11 is 0. The summed E-state index contributed by atoms with van der Waals surface area (Å²) in [6.07, 6.45) is 0. The number of hydrogen-bond acceptors (Lipinski definition) is 1. The molecule has 0 radical (unpaired) electrons. The van der Waals surface area contributed by atoms with Crippen molar-refractivity contribution in [3.05, 3.63) is 0 Å². The first-order chi connectivity index (χ1) is 2.00. The Labute approximate surface area is 99.8 Å². The van der Waals surface area contributed by atoms with Crippen molar-refractivity contribution < 1.29 is 56.5 Å². The van der Waals surface area contributed by atoms with Crippen molar-refractivity contribution >= 4 is 18.9 Å². The standard InChI is InChI=1S/C4H9O.K.Li.H/c1-4(2,3)5;;;/h1-3H3;;;/q-1;+1;;. The van der Waals surface area contributed by atoms with Gasteiger partial charge < -0.3 is 5.11 Å². The van der Waals surface area contributed by atoms with Crippen LogP contribution in [0.1, 0.15) is 20.8 Å². The van der Waals surface area contributed by atoms with Crippen LogP contribution in [0.3, 0.4) is 0 Å². The van der Waals surface area contributed by atoms with Crippen LogP contribution in [0, 0.1) is 0 Å². The maximum absolute atomic E-state index is 10.1. The minimum atomic E-state index is -0.750. The molecule has 0 aromatic rings. The monoisotopic (exact) mass is 120 g/mol. The molecule has 0 aromatic carbocycles. The van der Waals surface area contributed by atoms with Gasteiger partial charge in [-0.3, -0.25) is 0 Å². The van der Waals surface area contributed by atoms with E-state index in [2.05, 4.69) is 0 Å². The summed E-state index contributed by atoms with van der Waals surface area (Å²) in [5.41, 5.74) is -0.750. The van der Waals surface area contributed by atoms with E-state index in [9.17, 15) is 5.11 Å². The van der Waals surface area contributed by atoms with Gasteiger partial charge in [-0.25, -0.2) is 0 Å². The third-order valence-electron chi connectivity index (χ3n) is 0. The van der Waals surface area contributed by atoms with Gasteiger partial charge in [0.1, 0.15) is 0 Å². The minimum absolute atomic E-state index is 0. The van der Waals surface area contributed by atoms with Crippen LogP contribution in [0.4, 0.5) is 0 Å². The quantitative estimate of drug-likeness (QED) is 0.304. The Morgan fingerprint density at radius 1 is 1.14 bits per heavy atom. The molecule has 0 aliphatic carbocycles. The summed E-state index contributed by atoms with van der Waals surface area (Å²) in [5.74, 6) is 0. The molecule has 0 amide bonds. The van der Waals surface area contributed by atoms with Gasteiger partial charge >= 0.3 is 70.2 Å². The molecule has 34 valence electrons. The van der Waals surface area contributed by atoms with Crippen LogP contribution < -0.4 is 56.5 Å². The van der Waals surface area contributed by atoms with Crippen LogP contribution in [0.15, 0.2) is 0 Å². The first-order valence-corrected chi connectivity index (χ1v) is 1.70. The van der Waals surface area contributed by atoms with Crippen molar-refractivity contribution in [2.24, 2.45) is 0 Å².